The summed E-state index contributed by atoms with van der Waals surface area (Å²) < 4.78 is 15.6. The second-order valence-electron chi connectivity index (χ2n) is 3.42. The third kappa shape index (κ3) is 2.40. The van der Waals surface area contributed by atoms with Gasteiger partial charge in [0.15, 0.2) is 6.29 Å². The highest BCUT2D eigenvalue weighted by atomic mass is 16.7. The zero-order chi connectivity index (χ0) is 11.4. The average molecular weight is 222 g/mol. The third-order valence-corrected chi connectivity index (χ3v) is 2.32. The van der Waals surface area contributed by atoms with Crippen molar-refractivity contribution in [3.8, 4) is 0 Å². The van der Waals surface area contributed by atoms with Crippen LogP contribution in [0, 0.1) is 0 Å². The van der Waals surface area contributed by atoms with E-state index in [9.17, 15) is 4.79 Å². The van der Waals surface area contributed by atoms with Crippen molar-refractivity contribution in [3.63, 3.8) is 0 Å². The lowest BCUT2D eigenvalue weighted by Gasteiger charge is -2.09. The molecular weight excluding hydrogens is 208 g/mol. The third-order valence-electron chi connectivity index (χ3n) is 2.32. The smallest absolute Gasteiger partial charge is 0.338 e. The van der Waals surface area contributed by atoms with E-state index >= 15 is 0 Å². The summed E-state index contributed by atoms with van der Waals surface area (Å²) in [5.74, 6) is -0.303. The van der Waals surface area contributed by atoms with Gasteiger partial charge in [0.25, 0.3) is 0 Å². The average Bonchev–Trinajstić information content (AvgIpc) is 2.83. The molecule has 0 aromatic heterocycles. The molecule has 0 atom stereocenters. The summed E-state index contributed by atoms with van der Waals surface area (Å²) in [6.07, 6.45) is -0.295. The molecule has 86 valence electrons. The Morgan fingerprint density at radius 2 is 1.94 bits per heavy atom. The topological polar surface area (TPSA) is 44.8 Å². The molecule has 0 N–H and O–H groups in total. The zero-order valence-electron chi connectivity index (χ0n) is 9.14. The van der Waals surface area contributed by atoms with Crippen molar-refractivity contribution in [1.82, 2.24) is 0 Å². The van der Waals surface area contributed by atoms with Crippen LogP contribution >= 0.6 is 0 Å². The molecule has 4 nitrogen and oxygen atoms in total. The maximum atomic E-state index is 11.4. The number of carbonyl (C=O) groups excluding carboxylic acids is 1. The molecule has 1 aliphatic rings. The Kier molecular flexibility index (Phi) is 3.54. The molecule has 4 heteroatoms. The Labute approximate surface area is 94.1 Å². The van der Waals surface area contributed by atoms with Crippen molar-refractivity contribution in [2.24, 2.45) is 0 Å². The minimum absolute atomic E-state index is 0.295. The highest BCUT2D eigenvalue weighted by molar-refractivity contribution is 5.89. The van der Waals surface area contributed by atoms with Gasteiger partial charge in [-0.05, 0) is 19.1 Å². The number of esters is 1. The van der Waals surface area contributed by atoms with E-state index in [1.807, 2.05) is 12.1 Å². The normalized spacial score (nSPS) is 16.3. The highest BCUT2D eigenvalue weighted by Gasteiger charge is 2.18. The van der Waals surface area contributed by atoms with Gasteiger partial charge in [0.2, 0.25) is 0 Å². The Morgan fingerprint density at radius 1 is 1.31 bits per heavy atom. The van der Waals surface area contributed by atoms with E-state index in [0.717, 1.165) is 5.56 Å². The Hall–Kier alpha value is -1.39. The van der Waals surface area contributed by atoms with Crippen LogP contribution in [-0.2, 0) is 14.2 Å². The van der Waals surface area contributed by atoms with Gasteiger partial charge in [0, 0.05) is 5.56 Å². The van der Waals surface area contributed by atoms with Gasteiger partial charge in [0.1, 0.15) is 0 Å². The molecule has 1 aliphatic heterocycles. The monoisotopic (exact) mass is 222 g/mol. The van der Waals surface area contributed by atoms with Gasteiger partial charge in [-0.1, -0.05) is 12.1 Å². The first kappa shape index (κ1) is 11.1. The van der Waals surface area contributed by atoms with Gasteiger partial charge in [-0.25, -0.2) is 4.79 Å². The second-order valence-corrected chi connectivity index (χ2v) is 3.42. The van der Waals surface area contributed by atoms with E-state index in [2.05, 4.69) is 0 Å². The van der Waals surface area contributed by atoms with E-state index < -0.39 is 0 Å². The van der Waals surface area contributed by atoms with E-state index in [1.165, 1.54) is 0 Å². The summed E-state index contributed by atoms with van der Waals surface area (Å²) in [5, 5.41) is 0. The fourth-order valence-corrected chi connectivity index (χ4v) is 1.54. The minimum atomic E-state index is -0.303. The van der Waals surface area contributed by atoms with Crippen LogP contribution in [0.2, 0.25) is 0 Å². The predicted octanol–water partition coefficient (Wildman–Crippen LogP) is 1.91. The van der Waals surface area contributed by atoms with Crippen LogP contribution in [-0.4, -0.2) is 25.8 Å². The molecule has 0 bridgehead atoms. The van der Waals surface area contributed by atoms with Gasteiger partial charge in [-0.2, -0.15) is 0 Å². The predicted molar refractivity (Wildman–Crippen MR) is 57.0 cm³/mol. The summed E-state index contributed by atoms with van der Waals surface area (Å²) in [6.45, 7) is 3.40. The minimum Gasteiger partial charge on any atom is -0.462 e. The number of carbonyl (C=O) groups is 1. The van der Waals surface area contributed by atoms with E-state index in [0.29, 0.717) is 25.4 Å². The van der Waals surface area contributed by atoms with Gasteiger partial charge in [-0.15, -0.1) is 0 Å². The molecule has 0 radical (unpaired) electrons. The first-order chi connectivity index (χ1) is 7.81. The fourth-order valence-electron chi connectivity index (χ4n) is 1.54. The van der Waals surface area contributed by atoms with Crippen molar-refractivity contribution in [1.29, 1.82) is 0 Å². The standard InChI is InChI=1S/C12H14O4/c1-2-14-11(13)9-3-5-10(6-4-9)12-15-7-8-16-12/h3-6,12H,2,7-8H2,1H3. The molecule has 0 amide bonds. The maximum absolute atomic E-state index is 11.4. The molecule has 2 rings (SSSR count). The number of benzene rings is 1. The van der Waals surface area contributed by atoms with Gasteiger partial charge in [0.05, 0.1) is 25.4 Å². The van der Waals surface area contributed by atoms with E-state index in [4.69, 9.17) is 14.2 Å². The summed E-state index contributed by atoms with van der Waals surface area (Å²) >= 11 is 0. The van der Waals surface area contributed by atoms with Crippen LogP contribution in [0.25, 0.3) is 0 Å². The van der Waals surface area contributed by atoms with Crippen LogP contribution in [0.1, 0.15) is 29.1 Å². The maximum Gasteiger partial charge on any atom is 0.338 e. The number of hydrogen-bond acceptors (Lipinski definition) is 4. The molecule has 0 spiro atoms. The van der Waals surface area contributed by atoms with Crippen molar-refractivity contribution < 1.29 is 19.0 Å². The van der Waals surface area contributed by atoms with Crippen molar-refractivity contribution in [2.45, 2.75) is 13.2 Å². The van der Waals surface area contributed by atoms with Crippen LogP contribution in [0.15, 0.2) is 24.3 Å². The Bertz CT molecular complexity index is 352. The largest absolute Gasteiger partial charge is 0.462 e. The lowest BCUT2D eigenvalue weighted by atomic mass is 10.1. The lowest BCUT2D eigenvalue weighted by Crippen LogP contribution is -2.05. The summed E-state index contributed by atoms with van der Waals surface area (Å²) in [4.78, 5) is 11.4. The van der Waals surface area contributed by atoms with Gasteiger partial charge < -0.3 is 14.2 Å². The van der Waals surface area contributed by atoms with Crippen molar-refractivity contribution in [2.75, 3.05) is 19.8 Å². The molecule has 1 fully saturated rings. The summed E-state index contributed by atoms with van der Waals surface area (Å²) in [5.41, 5.74) is 1.47. The highest BCUT2D eigenvalue weighted by Crippen LogP contribution is 2.23. The molecule has 1 aromatic carbocycles. The first-order valence-corrected chi connectivity index (χ1v) is 5.31. The summed E-state index contributed by atoms with van der Waals surface area (Å²) in [6, 6.07) is 7.08. The Morgan fingerprint density at radius 3 is 2.50 bits per heavy atom. The SMILES string of the molecule is CCOC(=O)c1ccc(C2OCCO2)cc1. The number of rotatable bonds is 3. The van der Waals surface area contributed by atoms with Crippen LogP contribution in [0.4, 0.5) is 0 Å². The van der Waals surface area contributed by atoms with Crippen LogP contribution in [0.3, 0.4) is 0 Å². The number of ether oxygens (including phenoxy) is 3. The van der Waals surface area contributed by atoms with Crippen LogP contribution < -0.4 is 0 Å². The number of hydrogen-bond donors (Lipinski definition) is 0. The molecule has 0 unspecified atom stereocenters. The molecule has 16 heavy (non-hydrogen) atoms. The van der Waals surface area contributed by atoms with Crippen molar-refractivity contribution in [3.05, 3.63) is 35.4 Å². The molecule has 0 saturated carbocycles. The molecular formula is C12H14O4. The van der Waals surface area contributed by atoms with E-state index in [1.54, 1.807) is 19.1 Å². The molecule has 1 aromatic rings. The quantitative estimate of drug-likeness (QED) is 0.733. The zero-order valence-corrected chi connectivity index (χ0v) is 9.14. The summed E-state index contributed by atoms with van der Waals surface area (Å²) in [7, 11) is 0. The fraction of sp³-hybridized carbons (Fsp3) is 0.417. The van der Waals surface area contributed by atoms with Crippen molar-refractivity contribution >= 4 is 5.97 Å². The van der Waals surface area contributed by atoms with E-state index in [-0.39, 0.29) is 12.3 Å². The van der Waals surface area contributed by atoms with Crippen LogP contribution in [0.5, 0.6) is 0 Å². The second kappa shape index (κ2) is 5.09. The lowest BCUT2D eigenvalue weighted by molar-refractivity contribution is -0.0441. The van der Waals surface area contributed by atoms with Gasteiger partial charge >= 0.3 is 5.97 Å². The molecule has 1 heterocycles. The molecule has 1 saturated heterocycles. The van der Waals surface area contributed by atoms with Gasteiger partial charge in [-0.3, -0.25) is 0 Å². The molecule has 0 aliphatic carbocycles. The first-order valence-electron chi connectivity index (χ1n) is 5.31. The Balaban J connectivity index is 2.06.